The molecule has 136 valence electrons. The number of carbonyl (C=O) groups excluding carboxylic acids is 2. The summed E-state index contributed by atoms with van der Waals surface area (Å²) < 4.78 is 38.3. The number of nitrogens with one attached hydrogen (secondary N) is 1. The Balaban J connectivity index is 1.84. The first-order valence-electron chi connectivity index (χ1n) is 7.88. The third kappa shape index (κ3) is 5.77. The molecule has 0 atom stereocenters. The zero-order valence-electron chi connectivity index (χ0n) is 13.4. The Morgan fingerprint density at radius 2 is 1.92 bits per heavy atom. The van der Waals surface area contributed by atoms with Crippen LogP contribution in [0.4, 0.5) is 13.2 Å². The molecule has 0 bridgehead atoms. The van der Waals surface area contributed by atoms with E-state index in [0.29, 0.717) is 0 Å². The minimum Gasteiger partial charge on any atom is -0.352 e. The summed E-state index contributed by atoms with van der Waals surface area (Å²) in [5.74, 6) is -0.480. The molecule has 1 heterocycles. The van der Waals surface area contributed by atoms with E-state index in [9.17, 15) is 22.8 Å². The fraction of sp³-hybridized carbons (Fsp3) is 0.412. The van der Waals surface area contributed by atoms with Gasteiger partial charge in [0.25, 0.3) is 0 Å². The number of halogens is 4. The van der Waals surface area contributed by atoms with Crippen LogP contribution in [-0.2, 0) is 15.8 Å². The average molecular weight is 375 g/mol. The highest BCUT2D eigenvalue weighted by Crippen LogP contribution is 2.35. The van der Waals surface area contributed by atoms with Crippen LogP contribution in [0.3, 0.4) is 0 Å². The SMILES string of the molecule is O=C(/C=C/c1ccc(Cl)c(C(F)(F)F)c1)NCCC(=O)N1CCCC1. The van der Waals surface area contributed by atoms with Crippen LogP contribution in [-0.4, -0.2) is 36.3 Å². The zero-order chi connectivity index (χ0) is 18.4. The summed E-state index contributed by atoms with van der Waals surface area (Å²) in [4.78, 5) is 25.3. The standard InChI is InChI=1S/C17H18ClF3N2O2/c18-14-5-3-12(11-13(14)17(19,20)21)4-6-15(24)22-8-7-16(25)23-9-1-2-10-23/h3-6,11H,1-2,7-10H2,(H,22,24)/b6-4+. The molecule has 0 aliphatic carbocycles. The van der Waals surface area contributed by atoms with E-state index in [1.165, 1.54) is 12.1 Å². The van der Waals surface area contributed by atoms with E-state index in [0.717, 1.165) is 44.1 Å². The van der Waals surface area contributed by atoms with E-state index < -0.39 is 22.7 Å². The van der Waals surface area contributed by atoms with Crippen molar-refractivity contribution in [3.05, 3.63) is 40.4 Å². The van der Waals surface area contributed by atoms with Gasteiger partial charge in [-0.2, -0.15) is 13.2 Å². The van der Waals surface area contributed by atoms with Crippen molar-refractivity contribution in [1.29, 1.82) is 0 Å². The van der Waals surface area contributed by atoms with Crippen molar-refractivity contribution in [1.82, 2.24) is 10.2 Å². The number of likely N-dealkylation sites (tertiary alicyclic amines) is 1. The third-order valence-corrected chi connectivity index (χ3v) is 4.15. The van der Waals surface area contributed by atoms with Crippen LogP contribution in [0.25, 0.3) is 6.08 Å². The van der Waals surface area contributed by atoms with Crippen LogP contribution in [0.15, 0.2) is 24.3 Å². The number of nitrogens with zero attached hydrogens (tertiary/aromatic N) is 1. The lowest BCUT2D eigenvalue weighted by Crippen LogP contribution is -2.32. The van der Waals surface area contributed by atoms with Crippen LogP contribution >= 0.6 is 11.6 Å². The van der Waals surface area contributed by atoms with E-state index in [-0.39, 0.29) is 24.4 Å². The molecule has 1 aromatic carbocycles. The van der Waals surface area contributed by atoms with Gasteiger partial charge in [-0.3, -0.25) is 9.59 Å². The number of hydrogen-bond donors (Lipinski definition) is 1. The van der Waals surface area contributed by atoms with E-state index in [4.69, 9.17) is 11.6 Å². The van der Waals surface area contributed by atoms with Crippen molar-refractivity contribution in [3.8, 4) is 0 Å². The van der Waals surface area contributed by atoms with Crippen LogP contribution in [0.2, 0.25) is 5.02 Å². The first-order valence-corrected chi connectivity index (χ1v) is 8.25. The van der Waals surface area contributed by atoms with Gasteiger partial charge in [0.2, 0.25) is 11.8 Å². The van der Waals surface area contributed by atoms with Crippen molar-refractivity contribution in [2.75, 3.05) is 19.6 Å². The van der Waals surface area contributed by atoms with Gasteiger partial charge in [0.1, 0.15) is 0 Å². The molecule has 0 unspecified atom stereocenters. The van der Waals surface area contributed by atoms with Gasteiger partial charge in [0, 0.05) is 32.1 Å². The summed E-state index contributed by atoms with van der Waals surface area (Å²) in [6.07, 6.45) is 0.0501. The molecular weight excluding hydrogens is 357 g/mol. The van der Waals surface area contributed by atoms with Gasteiger partial charge in [-0.1, -0.05) is 17.7 Å². The number of hydrogen-bond acceptors (Lipinski definition) is 2. The van der Waals surface area contributed by atoms with Gasteiger partial charge in [-0.15, -0.1) is 0 Å². The summed E-state index contributed by atoms with van der Waals surface area (Å²) in [6, 6.07) is 3.40. The molecule has 25 heavy (non-hydrogen) atoms. The first-order chi connectivity index (χ1) is 11.8. The van der Waals surface area contributed by atoms with Gasteiger partial charge in [0.05, 0.1) is 10.6 Å². The van der Waals surface area contributed by atoms with E-state index >= 15 is 0 Å². The van der Waals surface area contributed by atoms with Gasteiger partial charge < -0.3 is 10.2 Å². The summed E-state index contributed by atoms with van der Waals surface area (Å²) in [5, 5.41) is 2.15. The van der Waals surface area contributed by atoms with Gasteiger partial charge in [-0.05, 0) is 36.6 Å². The maximum Gasteiger partial charge on any atom is 0.417 e. The van der Waals surface area contributed by atoms with E-state index in [1.54, 1.807) is 4.90 Å². The van der Waals surface area contributed by atoms with Gasteiger partial charge in [-0.25, -0.2) is 0 Å². The lowest BCUT2D eigenvalue weighted by Gasteiger charge is -2.14. The van der Waals surface area contributed by atoms with Crippen molar-refractivity contribution in [2.24, 2.45) is 0 Å². The van der Waals surface area contributed by atoms with Crippen molar-refractivity contribution >= 4 is 29.5 Å². The Morgan fingerprint density at radius 1 is 1.24 bits per heavy atom. The Labute approximate surface area is 148 Å². The molecule has 1 aliphatic rings. The quantitative estimate of drug-likeness (QED) is 0.802. The molecule has 1 fully saturated rings. The first kappa shape index (κ1) is 19.3. The second-order valence-corrected chi connectivity index (χ2v) is 6.11. The topological polar surface area (TPSA) is 49.4 Å². The largest absolute Gasteiger partial charge is 0.417 e. The Bertz CT molecular complexity index is 668. The number of amides is 2. The molecule has 0 aromatic heterocycles. The minimum atomic E-state index is -4.56. The number of alkyl halides is 3. The zero-order valence-corrected chi connectivity index (χ0v) is 14.2. The maximum atomic E-state index is 12.8. The molecule has 2 amide bonds. The van der Waals surface area contributed by atoms with Crippen LogP contribution < -0.4 is 5.32 Å². The highest BCUT2D eigenvalue weighted by atomic mass is 35.5. The van der Waals surface area contributed by atoms with Crippen LogP contribution in [0.1, 0.15) is 30.4 Å². The van der Waals surface area contributed by atoms with Crippen LogP contribution in [0.5, 0.6) is 0 Å². The summed E-state index contributed by atoms with van der Waals surface area (Å²) in [7, 11) is 0. The van der Waals surface area contributed by atoms with Gasteiger partial charge >= 0.3 is 6.18 Å². The Morgan fingerprint density at radius 3 is 2.56 bits per heavy atom. The Kier molecular flexibility index (Phi) is 6.47. The number of benzene rings is 1. The van der Waals surface area contributed by atoms with E-state index in [2.05, 4.69) is 5.32 Å². The fourth-order valence-corrected chi connectivity index (χ4v) is 2.74. The van der Waals surface area contributed by atoms with Gasteiger partial charge in [0.15, 0.2) is 0 Å². The number of carbonyl (C=O) groups is 2. The molecule has 1 saturated heterocycles. The molecular formula is C17H18ClF3N2O2. The lowest BCUT2D eigenvalue weighted by atomic mass is 10.1. The molecule has 1 aliphatic heterocycles. The molecule has 4 nitrogen and oxygen atoms in total. The highest BCUT2D eigenvalue weighted by Gasteiger charge is 2.33. The highest BCUT2D eigenvalue weighted by molar-refractivity contribution is 6.31. The predicted octanol–water partition coefficient (Wildman–Crippen LogP) is 3.50. The van der Waals surface area contributed by atoms with Crippen molar-refractivity contribution in [2.45, 2.75) is 25.4 Å². The molecule has 1 aromatic rings. The van der Waals surface area contributed by atoms with Crippen molar-refractivity contribution in [3.63, 3.8) is 0 Å². The normalized spacial score (nSPS) is 15.0. The predicted molar refractivity (Wildman–Crippen MR) is 88.9 cm³/mol. The van der Waals surface area contributed by atoms with Crippen molar-refractivity contribution < 1.29 is 22.8 Å². The number of rotatable bonds is 5. The summed E-state index contributed by atoms with van der Waals surface area (Å²) in [6.45, 7) is 1.70. The molecule has 0 spiro atoms. The monoisotopic (exact) mass is 374 g/mol. The fourth-order valence-electron chi connectivity index (χ4n) is 2.51. The third-order valence-electron chi connectivity index (χ3n) is 3.82. The summed E-state index contributed by atoms with van der Waals surface area (Å²) in [5.41, 5.74) is -0.743. The average Bonchev–Trinajstić information content (AvgIpc) is 3.07. The maximum absolute atomic E-state index is 12.8. The molecule has 1 N–H and O–H groups in total. The van der Waals surface area contributed by atoms with E-state index in [1.807, 2.05) is 0 Å². The summed E-state index contributed by atoms with van der Waals surface area (Å²) >= 11 is 5.54. The minimum absolute atomic E-state index is 0.00528. The molecule has 8 heteroatoms. The molecule has 0 radical (unpaired) electrons. The second kappa shape index (κ2) is 8.38. The van der Waals surface area contributed by atoms with Crippen LogP contribution in [0, 0.1) is 0 Å². The second-order valence-electron chi connectivity index (χ2n) is 5.70. The lowest BCUT2D eigenvalue weighted by molar-refractivity contribution is -0.137. The molecule has 2 rings (SSSR count). The Hall–Kier alpha value is -2.02. The molecule has 0 saturated carbocycles. The smallest absolute Gasteiger partial charge is 0.352 e.